The fourth-order valence-corrected chi connectivity index (χ4v) is 6.13. The van der Waals surface area contributed by atoms with Crippen LogP contribution in [-0.2, 0) is 6.54 Å². The lowest BCUT2D eigenvalue weighted by molar-refractivity contribution is -0.384. The molecule has 174 valence electrons. The summed E-state index contributed by atoms with van der Waals surface area (Å²) in [6, 6.07) is 10.6. The molecule has 1 amide bonds. The molecule has 1 aromatic heterocycles. The Morgan fingerprint density at radius 3 is 2.55 bits per heavy atom. The van der Waals surface area contributed by atoms with Crippen LogP contribution in [0.25, 0.3) is 0 Å². The van der Waals surface area contributed by atoms with Gasteiger partial charge in [0, 0.05) is 61.0 Å². The molecule has 0 aliphatic carbocycles. The topological polar surface area (TPSA) is 88.7 Å². The van der Waals surface area contributed by atoms with Crippen molar-refractivity contribution in [1.29, 1.82) is 0 Å². The number of hydrogen-bond acceptors (Lipinski definition) is 5. The molecule has 2 bridgehead atoms. The maximum absolute atomic E-state index is 13.3. The molecule has 4 atom stereocenters. The normalized spacial score (nSPS) is 26.6. The fraction of sp³-hybridized carbons (Fsp3) is 0.520. The van der Waals surface area contributed by atoms with Crippen molar-refractivity contribution in [3.63, 3.8) is 0 Å². The van der Waals surface area contributed by atoms with E-state index in [1.54, 1.807) is 24.3 Å². The molecule has 2 aromatic rings. The molecule has 33 heavy (non-hydrogen) atoms. The molecule has 2 saturated heterocycles. The van der Waals surface area contributed by atoms with Crippen LogP contribution >= 0.6 is 0 Å². The van der Waals surface area contributed by atoms with Crippen molar-refractivity contribution in [3.8, 4) is 0 Å². The van der Waals surface area contributed by atoms with E-state index in [4.69, 9.17) is 0 Å². The van der Waals surface area contributed by atoms with Crippen LogP contribution in [0.2, 0.25) is 0 Å². The lowest BCUT2D eigenvalue weighted by Gasteiger charge is -2.43. The first-order valence-electron chi connectivity index (χ1n) is 11.9. The molecule has 5 rings (SSSR count). The zero-order chi connectivity index (χ0) is 23.3. The Bertz CT molecular complexity index is 1150. The van der Waals surface area contributed by atoms with Gasteiger partial charge in [0.05, 0.1) is 4.92 Å². The Kier molecular flexibility index (Phi) is 5.46. The zero-order valence-corrected chi connectivity index (χ0v) is 19.1. The van der Waals surface area contributed by atoms with Crippen molar-refractivity contribution in [2.45, 2.75) is 64.1 Å². The van der Waals surface area contributed by atoms with Crippen molar-refractivity contribution in [3.05, 3.63) is 68.1 Å². The third-order valence-electron chi connectivity index (χ3n) is 7.67. The predicted octanol–water partition coefficient (Wildman–Crippen LogP) is 3.78. The number of benzene rings is 1. The highest BCUT2D eigenvalue weighted by Gasteiger charge is 2.37. The number of fused-ring (bicyclic) bond motifs is 4. The molecule has 0 saturated carbocycles. The fourth-order valence-electron chi connectivity index (χ4n) is 6.13. The van der Waals surface area contributed by atoms with Gasteiger partial charge in [0.25, 0.3) is 17.2 Å². The number of pyridine rings is 1. The van der Waals surface area contributed by atoms with Crippen LogP contribution in [0.3, 0.4) is 0 Å². The third-order valence-corrected chi connectivity index (χ3v) is 7.67. The lowest BCUT2D eigenvalue weighted by atomic mass is 9.83. The summed E-state index contributed by atoms with van der Waals surface area (Å²) in [4.78, 5) is 41.2. The van der Waals surface area contributed by atoms with Crippen LogP contribution in [-0.4, -0.2) is 45.5 Å². The maximum Gasteiger partial charge on any atom is 0.293 e. The minimum Gasteiger partial charge on any atom is -0.365 e. The molecule has 1 aromatic carbocycles. The zero-order valence-electron chi connectivity index (χ0n) is 19.1. The number of piperidine rings is 2. The van der Waals surface area contributed by atoms with E-state index >= 15 is 0 Å². The van der Waals surface area contributed by atoms with Crippen molar-refractivity contribution in [2.75, 3.05) is 18.0 Å². The van der Waals surface area contributed by atoms with Gasteiger partial charge in [0.2, 0.25) is 0 Å². The summed E-state index contributed by atoms with van der Waals surface area (Å²) >= 11 is 0. The Morgan fingerprint density at radius 2 is 1.82 bits per heavy atom. The SMILES string of the molecule is CC1CCCC(C)N1C(=O)c1ccc(N2CC3CC(C2)c2cccc(=O)n2C3)c([N+](=O)[O-])c1. The van der Waals surface area contributed by atoms with E-state index in [1.807, 2.05) is 29.4 Å². The highest BCUT2D eigenvalue weighted by atomic mass is 16.6. The van der Waals surface area contributed by atoms with E-state index in [0.717, 1.165) is 31.4 Å². The predicted molar refractivity (Wildman–Crippen MR) is 126 cm³/mol. The average Bonchev–Trinajstić information content (AvgIpc) is 2.79. The molecule has 3 aliphatic heterocycles. The Balaban J connectivity index is 1.45. The average molecular weight is 451 g/mol. The number of carbonyl (C=O) groups is 1. The summed E-state index contributed by atoms with van der Waals surface area (Å²) in [5.74, 6) is 0.280. The number of aromatic nitrogens is 1. The second kappa shape index (κ2) is 8.32. The van der Waals surface area contributed by atoms with E-state index < -0.39 is 0 Å². The molecular weight excluding hydrogens is 420 g/mol. The molecule has 8 nitrogen and oxygen atoms in total. The quantitative estimate of drug-likeness (QED) is 0.524. The number of rotatable bonds is 3. The van der Waals surface area contributed by atoms with Gasteiger partial charge >= 0.3 is 0 Å². The summed E-state index contributed by atoms with van der Waals surface area (Å²) < 4.78 is 1.85. The van der Waals surface area contributed by atoms with Gasteiger partial charge in [-0.3, -0.25) is 19.7 Å². The van der Waals surface area contributed by atoms with Crippen molar-refractivity contribution >= 4 is 17.3 Å². The summed E-state index contributed by atoms with van der Waals surface area (Å²) in [5.41, 5.74) is 1.93. The first kappa shape index (κ1) is 21.7. The molecule has 0 N–H and O–H groups in total. The summed E-state index contributed by atoms with van der Waals surface area (Å²) in [5, 5.41) is 12.0. The minimum absolute atomic E-state index is 0.0191. The van der Waals surface area contributed by atoms with E-state index in [2.05, 4.69) is 4.90 Å². The van der Waals surface area contributed by atoms with Crippen molar-refractivity contribution < 1.29 is 9.72 Å². The molecule has 0 spiro atoms. The highest BCUT2D eigenvalue weighted by Crippen LogP contribution is 2.40. The van der Waals surface area contributed by atoms with Crippen LogP contribution in [0.4, 0.5) is 11.4 Å². The minimum atomic E-state index is -0.377. The van der Waals surface area contributed by atoms with Crippen LogP contribution in [0.15, 0.2) is 41.2 Å². The van der Waals surface area contributed by atoms with Gasteiger partial charge in [-0.2, -0.15) is 0 Å². The third kappa shape index (κ3) is 3.81. The first-order chi connectivity index (χ1) is 15.8. The van der Waals surface area contributed by atoms with Crippen molar-refractivity contribution in [1.82, 2.24) is 9.47 Å². The molecular formula is C25H30N4O4. The van der Waals surface area contributed by atoms with Crippen molar-refractivity contribution in [2.24, 2.45) is 5.92 Å². The molecule has 2 fully saturated rings. The number of nitro groups is 1. The number of anilines is 1. The summed E-state index contributed by atoms with van der Waals surface area (Å²) in [6.07, 6.45) is 3.99. The van der Waals surface area contributed by atoms with E-state index in [0.29, 0.717) is 30.9 Å². The van der Waals surface area contributed by atoms with Crippen LogP contribution in [0.5, 0.6) is 0 Å². The number of amides is 1. The summed E-state index contributed by atoms with van der Waals surface area (Å²) in [6.45, 7) is 6.01. The van der Waals surface area contributed by atoms with Gasteiger partial charge in [-0.15, -0.1) is 0 Å². The highest BCUT2D eigenvalue weighted by molar-refractivity contribution is 5.96. The van der Waals surface area contributed by atoms with Gasteiger partial charge in [-0.25, -0.2) is 0 Å². The van der Waals surface area contributed by atoms with Crippen LogP contribution in [0, 0.1) is 16.0 Å². The van der Waals surface area contributed by atoms with E-state index in [-0.39, 0.29) is 46.0 Å². The summed E-state index contributed by atoms with van der Waals surface area (Å²) in [7, 11) is 0. The number of hydrogen-bond donors (Lipinski definition) is 0. The smallest absolute Gasteiger partial charge is 0.293 e. The van der Waals surface area contributed by atoms with Gasteiger partial charge in [-0.1, -0.05) is 6.07 Å². The maximum atomic E-state index is 13.3. The first-order valence-corrected chi connectivity index (χ1v) is 11.9. The molecule has 4 heterocycles. The van der Waals surface area contributed by atoms with E-state index in [1.165, 1.54) is 6.07 Å². The standard InChI is InChI=1S/C25H30N4O4/c1-16-5-3-6-17(2)28(16)25(31)19-9-10-22(23(12-19)29(32)33)26-13-18-11-20(15-26)21-7-4-8-24(30)27(21)14-18/h4,7-10,12,16-18,20H,3,5-6,11,13-15H2,1-2H3. The number of nitro benzene ring substituents is 1. The number of likely N-dealkylation sites (tertiary alicyclic amines) is 1. The number of carbonyl (C=O) groups excluding carboxylic acids is 1. The van der Waals surface area contributed by atoms with Crippen LogP contribution < -0.4 is 10.5 Å². The Morgan fingerprint density at radius 1 is 1.06 bits per heavy atom. The van der Waals surface area contributed by atoms with Crippen LogP contribution in [0.1, 0.15) is 61.5 Å². The molecule has 0 radical (unpaired) electrons. The molecule has 3 aliphatic rings. The largest absolute Gasteiger partial charge is 0.365 e. The van der Waals surface area contributed by atoms with Gasteiger partial charge < -0.3 is 14.4 Å². The van der Waals surface area contributed by atoms with Gasteiger partial charge in [0.1, 0.15) is 5.69 Å². The molecule has 8 heteroatoms. The Hall–Kier alpha value is -3.16. The number of nitrogens with zero attached hydrogens (tertiary/aromatic N) is 4. The second-order valence-electron chi connectivity index (χ2n) is 9.91. The van der Waals surface area contributed by atoms with Gasteiger partial charge in [0.15, 0.2) is 0 Å². The van der Waals surface area contributed by atoms with E-state index in [9.17, 15) is 19.7 Å². The Labute approximate surface area is 193 Å². The second-order valence-corrected chi connectivity index (χ2v) is 9.91. The molecule has 4 unspecified atom stereocenters. The van der Waals surface area contributed by atoms with Gasteiger partial charge in [-0.05, 0) is 63.6 Å². The lowest BCUT2D eigenvalue weighted by Crippen LogP contribution is -2.48. The monoisotopic (exact) mass is 450 g/mol.